The van der Waals surface area contributed by atoms with E-state index in [-0.39, 0.29) is 11.5 Å². The average molecular weight is 299 g/mol. The van der Waals surface area contributed by atoms with Crippen LogP contribution in [0.3, 0.4) is 0 Å². The number of carbonyl (C=O) groups is 1. The number of nitrogens with zero attached hydrogens (tertiary/aromatic N) is 3. The lowest BCUT2D eigenvalue weighted by Gasteiger charge is -2.31. The van der Waals surface area contributed by atoms with E-state index in [2.05, 4.69) is 11.1 Å². The van der Waals surface area contributed by atoms with Crippen molar-refractivity contribution in [2.24, 2.45) is 0 Å². The SMILES string of the molecule is CCn1cnc2ccc(C3CCN(C(C)=O)CC3)cc2c1=O. The predicted octanol–water partition coefficient (Wildman–Crippen LogP) is 2.14. The third kappa shape index (κ3) is 2.63. The van der Waals surface area contributed by atoms with Gasteiger partial charge in [0.15, 0.2) is 0 Å². The van der Waals surface area contributed by atoms with Crippen LogP contribution in [0.5, 0.6) is 0 Å². The van der Waals surface area contributed by atoms with Crippen LogP contribution in [0, 0.1) is 0 Å². The van der Waals surface area contributed by atoms with Crippen molar-refractivity contribution < 1.29 is 4.79 Å². The van der Waals surface area contributed by atoms with E-state index in [0.717, 1.165) is 31.4 Å². The number of carbonyl (C=O) groups excluding carboxylic acids is 1. The van der Waals surface area contributed by atoms with Crippen LogP contribution in [0.1, 0.15) is 38.2 Å². The van der Waals surface area contributed by atoms with E-state index in [1.54, 1.807) is 17.8 Å². The summed E-state index contributed by atoms with van der Waals surface area (Å²) >= 11 is 0. The third-order valence-corrected chi connectivity index (χ3v) is 4.60. The number of amides is 1. The summed E-state index contributed by atoms with van der Waals surface area (Å²) in [5, 5.41) is 0.691. The van der Waals surface area contributed by atoms with Gasteiger partial charge < -0.3 is 4.90 Å². The molecule has 5 heteroatoms. The van der Waals surface area contributed by atoms with E-state index in [1.807, 2.05) is 24.0 Å². The molecule has 0 atom stereocenters. The Morgan fingerprint density at radius 2 is 2.05 bits per heavy atom. The number of rotatable bonds is 2. The molecule has 1 aliphatic rings. The minimum atomic E-state index is 0.0236. The molecule has 1 aromatic carbocycles. The molecule has 1 aliphatic heterocycles. The molecule has 1 amide bonds. The summed E-state index contributed by atoms with van der Waals surface area (Å²) in [6.45, 7) is 5.78. The summed E-state index contributed by atoms with van der Waals surface area (Å²) in [5.74, 6) is 0.557. The number of hydrogen-bond donors (Lipinski definition) is 0. The van der Waals surface area contributed by atoms with Gasteiger partial charge in [0, 0.05) is 26.6 Å². The Hall–Kier alpha value is -2.17. The number of fused-ring (bicyclic) bond motifs is 1. The average Bonchev–Trinajstić information content (AvgIpc) is 2.55. The molecule has 0 saturated carbocycles. The second kappa shape index (κ2) is 5.91. The van der Waals surface area contributed by atoms with Gasteiger partial charge in [-0.1, -0.05) is 6.07 Å². The summed E-state index contributed by atoms with van der Waals surface area (Å²) in [6.07, 6.45) is 3.51. The fourth-order valence-electron chi connectivity index (χ4n) is 3.18. The highest BCUT2D eigenvalue weighted by Gasteiger charge is 2.22. The second-order valence-electron chi connectivity index (χ2n) is 5.89. The largest absolute Gasteiger partial charge is 0.343 e. The molecule has 2 aromatic rings. The predicted molar refractivity (Wildman–Crippen MR) is 85.9 cm³/mol. The maximum Gasteiger partial charge on any atom is 0.261 e. The van der Waals surface area contributed by atoms with Crippen molar-refractivity contribution >= 4 is 16.8 Å². The number of likely N-dealkylation sites (tertiary alicyclic amines) is 1. The molecule has 2 heterocycles. The van der Waals surface area contributed by atoms with Gasteiger partial charge in [0.25, 0.3) is 5.56 Å². The van der Waals surface area contributed by atoms with Crippen molar-refractivity contribution in [2.75, 3.05) is 13.1 Å². The van der Waals surface area contributed by atoms with E-state index in [0.29, 0.717) is 17.8 Å². The molecule has 0 unspecified atom stereocenters. The maximum absolute atomic E-state index is 12.4. The number of piperidine rings is 1. The van der Waals surface area contributed by atoms with Gasteiger partial charge in [0.1, 0.15) is 0 Å². The van der Waals surface area contributed by atoms with Crippen molar-refractivity contribution in [3.05, 3.63) is 40.4 Å². The molecule has 0 N–H and O–H groups in total. The Labute approximate surface area is 129 Å². The third-order valence-electron chi connectivity index (χ3n) is 4.60. The quantitative estimate of drug-likeness (QED) is 0.853. The number of aromatic nitrogens is 2. The van der Waals surface area contributed by atoms with Crippen molar-refractivity contribution in [2.45, 2.75) is 39.2 Å². The van der Waals surface area contributed by atoms with Crippen molar-refractivity contribution in [1.82, 2.24) is 14.5 Å². The molecule has 116 valence electrons. The maximum atomic E-state index is 12.4. The van der Waals surface area contributed by atoms with Gasteiger partial charge in [-0.3, -0.25) is 14.2 Å². The zero-order valence-corrected chi connectivity index (χ0v) is 13.1. The van der Waals surface area contributed by atoms with Gasteiger partial charge in [-0.25, -0.2) is 4.98 Å². The van der Waals surface area contributed by atoms with Crippen molar-refractivity contribution in [3.63, 3.8) is 0 Å². The Balaban J connectivity index is 1.91. The topological polar surface area (TPSA) is 55.2 Å². The Morgan fingerprint density at radius 3 is 2.68 bits per heavy atom. The minimum absolute atomic E-state index is 0.0236. The van der Waals surface area contributed by atoms with Crippen LogP contribution in [0.4, 0.5) is 0 Å². The van der Waals surface area contributed by atoms with Gasteiger partial charge in [0.05, 0.1) is 17.2 Å². The van der Waals surface area contributed by atoms with Crippen LogP contribution in [0.25, 0.3) is 10.9 Å². The minimum Gasteiger partial charge on any atom is -0.343 e. The molecule has 0 aliphatic carbocycles. The van der Waals surface area contributed by atoms with Crippen LogP contribution in [-0.2, 0) is 11.3 Å². The van der Waals surface area contributed by atoms with Gasteiger partial charge in [0.2, 0.25) is 5.91 Å². The molecule has 3 rings (SSSR count). The van der Waals surface area contributed by atoms with Crippen molar-refractivity contribution in [3.8, 4) is 0 Å². The number of aryl methyl sites for hydroxylation is 1. The highest BCUT2D eigenvalue weighted by atomic mass is 16.2. The lowest BCUT2D eigenvalue weighted by Crippen LogP contribution is -2.36. The lowest BCUT2D eigenvalue weighted by atomic mass is 9.89. The van der Waals surface area contributed by atoms with Crippen LogP contribution in [0.15, 0.2) is 29.3 Å². The zero-order chi connectivity index (χ0) is 15.7. The smallest absolute Gasteiger partial charge is 0.261 e. The first-order valence-corrected chi connectivity index (χ1v) is 7.84. The molecule has 0 spiro atoms. The van der Waals surface area contributed by atoms with E-state index in [4.69, 9.17) is 0 Å². The van der Waals surface area contributed by atoms with Gasteiger partial charge >= 0.3 is 0 Å². The fraction of sp³-hybridized carbons (Fsp3) is 0.471. The van der Waals surface area contributed by atoms with Gasteiger partial charge in [-0.05, 0) is 43.4 Å². The lowest BCUT2D eigenvalue weighted by molar-refractivity contribution is -0.129. The van der Waals surface area contributed by atoms with E-state index >= 15 is 0 Å². The number of benzene rings is 1. The molecular weight excluding hydrogens is 278 g/mol. The highest BCUT2D eigenvalue weighted by Crippen LogP contribution is 2.29. The fourth-order valence-corrected chi connectivity index (χ4v) is 3.18. The van der Waals surface area contributed by atoms with Gasteiger partial charge in [-0.2, -0.15) is 0 Å². The Kier molecular flexibility index (Phi) is 3.96. The van der Waals surface area contributed by atoms with E-state index in [9.17, 15) is 9.59 Å². The van der Waals surface area contributed by atoms with Crippen LogP contribution >= 0.6 is 0 Å². The second-order valence-corrected chi connectivity index (χ2v) is 5.89. The summed E-state index contributed by atoms with van der Waals surface area (Å²) in [5.41, 5.74) is 1.96. The van der Waals surface area contributed by atoms with Crippen LogP contribution in [0.2, 0.25) is 0 Å². The van der Waals surface area contributed by atoms with Gasteiger partial charge in [-0.15, -0.1) is 0 Å². The Bertz CT molecular complexity index is 758. The molecular formula is C17H21N3O2. The molecule has 1 saturated heterocycles. The first kappa shape index (κ1) is 14.8. The Morgan fingerprint density at radius 1 is 1.32 bits per heavy atom. The summed E-state index contributed by atoms with van der Waals surface area (Å²) < 4.78 is 1.63. The molecule has 22 heavy (non-hydrogen) atoms. The molecule has 1 fully saturated rings. The molecule has 1 aromatic heterocycles. The normalized spacial score (nSPS) is 16.2. The standard InChI is InChI=1S/C17H21N3O2/c1-3-19-11-18-16-5-4-14(10-15(16)17(19)22)13-6-8-20(9-7-13)12(2)21/h4-5,10-11,13H,3,6-9H2,1-2H3. The highest BCUT2D eigenvalue weighted by molar-refractivity contribution is 5.78. The van der Waals surface area contributed by atoms with Crippen LogP contribution in [-0.4, -0.2) is 33.4 Å². The summed E-state index contributed by atoms with van der Waals surface area (Å²) in [7, 11) is 0. The number of hydrogen-bond acceptors (Lipinski definition) is 3. The first-order valence-electron chi connectivity index (χ1n) is 7.84. The zero-order valence-electron chi connectivity index (χ0n) is 13.1. The van der Waals surface area contributed by atoms with Crippen molar-refractivity contribution in [1.29, 1.82) is 0 Å². The monoisotopic (exact) mass is 299 g/mol. The van der Waals surface area contributed by atoms with E-state index in [1.165, 1.54) is 5.56 Å². The summed E-state index contributed by atoms with van der Waals surface area (Å²) in [6, 6.07) is 5.99. The first-order chi connectivity index (χ1) is 10.6. The molecule has 0 radical (unpaired) electrons. The molecule has 5 nitrogen and oxygen atoms in total. The summed E-state index contributed by atoms with van der Waals surface area (Å²) in [4.78, 5) is 30.0. The van der Waals surface area contributed by atoms with Crippen LogP contribution < -0.4 is 5.56 Å². The van der Waals surface area contributed by atoms with E-state index < -0.39 is 0 Å². The molecule has 0 bridgehead atoms.